The first-order valence-corrected chi connectivity index (χ1v) is 10.4. The van der Waals surface area contributed by atoms with Gasteiger partial charge in [0.1, 0.15) is 5.75 Å². The van der Waals surface area contributed by atoms with Crippen molar-refractivity contribution in [1.29, 1.82) is 0 Å². The number of carbonyl (C=O) groups is 4. The Hall–Kier alpha value is -3.68. The minimum Gasteiger partial charge on any atom is -0.496 e. The van der Waals surface area contributed by atoms with Gasteiger partial charge >= 0.3 is 5.97 Å². The van der Waals surface area contributed by atoms with Crippen molar-refractivity contribution in [2.45, 2.75) is 26.8 Å². The van der Waals surface area contributed by atoms with Gasteiger partial charge in [-0.05, 0) is 36.6 Å². The Balaban J connectivity index is 1.57. The molecule has 3 rings (SSSR count). The first-order valence-electron chi connectivity index (χ1n) is 10.4. The molecule has 8 nitrogen and oxygen atoms in total. The molecule has 1 aliphatic heterocycles. The van der Waals surface area contributed by atoms with Gasteiger partial charge in [0.15, 0.2) is 6.61 Å². The van der Waals surface area contributed by atoms with E-state index in [1.165, 1.54) is 23.1 Å². The number of nitrogens with zero attached hydrogens (tertiary/aromatic N) is 1. The molecule has 8 heteroatoms. The SMILES string of the molecule is COc1ccccc1CNC(=O)COC(=O)c1ccc2c(c1)C(=O)N(CCC(C)C)C2=O. The van der Waals surface area contributed by atoms with E-state index in [4.69, 9.17) is 9.47 Å². The van der Waals surface area contributed by atoms with Crippen LogP contribution >= 0.6 is 0 Å². The Labute approximate surface area is 186 Å². The summed E-state index contributed by atoms with van der Waals surface area (Å²) in [6.45, 7) is 4.11. The highest BCUT2D eigenvalue weighted by Gasteiger charge is 2.35. The van der Waals surface area contributed by atoms with Crippen LogP contribution in [-0.2, 0) is 16.1 Å². The zero-order chi connectivity index (χ0) is 23.3. The fraction of sp³-hybridized carbons (Fsp3) is 0.333. The standard InChI is InChI=1S/C24H26N2O6/c1-15(2)10-11-26-22(28)18-9-8-16(12-19(18)23(26)29)24(30)32-14-21(27)25-13-17-6-4-5-7-20(17)31-3/h4-9,12,15H,10-11,13-14H2,1-3H3,(H,25,27). The van der Waals surface area contributed by atoms with Crippen molar-refractivity contribution in [3.05, 3.63) is 64.7 Å². The summed E-state index contributed by atoms with van der Waals surface area (Å²) < 4.78 is 10.3. The van der Waals surface area contributed by atoms with Crippen LogP contribution < -0.4 is 10.1 Å². The van der Waals surface area contributed by atoms with Gasteiger partial charge in [-0.25, -0.2) is 4.79 Å². The summed E-state index contributed by atoms with van der Waals surface area (Å²) in [5.41, 5.74) is 1.34. The highest BCUT2D eigenvalue weighted by molar-refractivity contribution is 6.22. The summed E-state index contributed by atoms with van der Waals surface area (Å²) in [6, 6.07) is 11.5. The zero-order valence-electron chi connectivity index (χ0n) is 18.3. The monoisotopic (exact) mass is 438 g/mol. The lowest BCUT2D eigenvalue weighted by molar-refractivity contribution is -0.124. The minimum absolute atomic E-state index is 0.105. The normalized spacial score (nSPS) is 12.7. The Bertz CT molecular complexity index is 1050. The number of hydrogen-bond donors (Lipinski definition) is 1. The second-order valence-corrected chi connectivity index (χ2v) is 7.87. The molecule has 0 bridgehead atoms. The van der Waals surface area contributed by atoms with Crippen LogP contribution in [0.5, 0.6) is 5.75 Å². The smallest absolute Gasteiger partial charge is 0.338 e. The van der Waals surface area contributed by atoms with E-state index in [9.17, 15) is 19.2 Å². The van der Waals surface area contributed by atoms with Gasteiger partial charge in [-0.1, -0.05) is 32.0 Å². The largest absolute Gasteiger partial charge is 0.496 e. The van der Waals surface area contributed by atoms with Crippen LogP contribution in [0.4, 0.5) is 0 Å². The zero-order valence-corrected chi connectivity index (χ0v) is 18.3. The fourth-order valence-electron chi connectivity index (χ4n) is 3.32. The van der Waals surface area contributed by atoms with Crippen molar-refractivity contribution < 1.29 is 28.7 Å². The maximum absolute atomic E-state index is 12.6. The highest BCUT2D eigenvalue weighted by Crippen LogP contribution is 2.25. The Morgan fingerprint density at radius 1 is 1.03 bits per heavy atom. The lowest BCUT2D eigenvalue weighted by atomic mass is 10.1. The van der Waals surface area contributed by atoms with Gasteiger partial charge in [-0.15, -0.1) is 0 Å². The van der Waals surface area contributed by atoms with Gasteiger partial charge in [-0.2, -0.15) is 0 Å². The third-order valence-electron chi connectivity index (χ3n) is 5.14. The van der Waals surface area contributed by atoms with Gasteiger partial charge in [0.2, 0.25) is 0 Å². The summed E-state index contributed by atoms with van der Waals surface area (Å²) in [7, 11) is 1.54. The van der Waals surface area contributed by atoms with Crippen molar-refractivity contribution in [2.75, 3.05) is 20.3 Å². The third kappa shape index (κ3) is 5.14. The molecule has 2 aromatic rings. The number of rotatable bonds is 9. The van der Waals surface area contributed by atoms with Crippen LogP contribution in [0, 0.1) is 5.92 Å². The molecule has 1 N–H and O–H groups in total. The lowest BCUT2D eigenvalue weighted by Gasteiger charge is -2.14. The molecule has 168 valence electrons. The number of imide groups is 1. The fourth-order valence-corrected chi connectivity index (χ4v) is 3.32. The summed E-state index contributed by atoms with van der Waals surface area (Å²) in [6.07, 6.45) is 0.699. The van der Waals surface area contributed by atoms with E-state index in [-0.39, 0.29) is 29.1 Å². The number of fused-ring (bicyclic) bond motifs is 1. The molecule has 1 heterocycles. The molecule has 0 saturated carbocycles. The van der Waals surface area contributed by atoms with Crippen molar-refractivity contribution in [3.8, 4) is 5.75 Å². The lowest BCUT2D eigenvalue weighted by Crippen LogP contribution is -2.31. The summed E-state index contributed by atoms with van der Waals surface area (Å²) in [4.78, 5) is 50.7. The molecular formula is C24H26N2O6. The molecule has 0 unspecified atom stereocenters. The van der Waals surface area contributed by atoms with E-state index in [1.54, 1.807) is 13.2 Å². The average molecular weight is 438 g/mol. The van der Waals surface area contributed by atoms with Crippen molar-refractivity contribution >= 4 is 23.7 Å². The molecule has 3 amide bonds. The molecule has 0 fully saturated rings. The summed E-state index contributed by atoms with van der Waals surface area (Å²) >= 11 is 0. The topological polar surface area (TPSA) is 102 Å². The number of benzene rings is 2. The molecule has 2 aromatic carbocycles. The van der Waals surface area contributed by atoms with Crippen LogP contribution in [0.25, 0.3) is 0 Å². The predicted molar refractivity (Wildman–Crippen MR) is 116 cm³/mol. The molecule has 0 saturated heterocycles. The average Bonchev–Trinajstić information content (AvgIpc) is 3.03. The van der Waals surface area contributed by atoms with Crippen LogP contribution in [0.15, 0.2) is 42.5 Å². The second-order valence-electron chi connectivity index (χ2n) is 7.87. The minimum atomic E-state index is -0.749. The number of nitrogens with one attached hydrogen (secondary N) is 1. The van der Waals surface area contributed by atoms with E-state index in [1.807, 2.05) is 32.0 Å². The number of amides is 3. The molecule has 0 aromatic heterocycles. The number of methoxy groups -OCH3 is 1. The van der Waals surface area contributed by atoms with E-state index in [2.05, 4.69) is 5.32 Å². The second kappa shape index (κ2) is 10.1. The number of carbonyl (C=O) groups excluding carboxylic acids is 4. The van der Waals surface area contributed by atoms with E-state index in [0.717, 1.165) is 5.56 Å². The van der Waals surface area contributed by atoms with Gasteiger partial charge in [0, 0.05) is 18.7 Å². The van der Waals surface area contributed by atoms with E-state index < -0.39 is 24.4 Å². The molecule has 0 radical (unpaired) electrons. The summed E-state index contributed by atoms with van der Waals surface area (Å²) in [5.74, 6) is -1.02. The third-order valence-corrected chi connectivity index (χ3v) is 5.14. The summed E-state index contributed by atoms with van der Waals surface area (Å²) in [5, 5.41) is 2.66. The van der Waals surface area contributed by atoms with Crippen molar-refractivity contribution in [1.82, 2.24) is 10.2 Å². The molecular weight excluding hydrogens is 412 g/mol. The van der Waals surface area contributed by atoms with Gasteiger partial charge in [0.25, 0.3) is 17.7 Å². The van der Waals surface area contributed by atoms with Crippen LogP contribution in [0.2, 0.25) is 0 Å². The first-order chi connectivity index (χ1) is 15.3. The number of ether oxygens (including phenoxy) is 2. The quantitative estimate of drug-likeness (QED) is 0.477. The Kier molecular flexibility index (Phi) is 7.25. The van der Waals surface area contributed by atoms with Gasteiger partial charge in [-0.3, -0.25) is 19.3 Å². The number of hydrogen-bond acceptors (Lipinski definition) is 6. The molecule has 0 aliphatic carbocycles. The number of esters is 1. The Morgan fingerprint density at radius 3 is 2.47 bits per heavy atom. The number of para-hydroxylation sites is 1. The Morgan fingerprint density at radius 2 is 1.75 bits per heavy atom. The maximum Gasteiger partial charge on any atom is 0.338 e. The van der Waals surface area contributed by atoms with E-state index in [0.29, 0.717) is 24.6 Å². The molecule has 0 atom stereocenters. The maximum atomic E-state index is 12.6. The van der Waals surface area contributed by atoms with E-state index >= 15 is 0 Å². The molecule has 32 heavy (non-hydrogen) atoms. The van der Waals surface area contributed by atoms with Gasteiger partial charge < -0.3 is 14.8 Å². The molecule has 1 aliphatic rings. The van der Waals surface area contributed by atoms with Crippen LogP contribution in [-0.4, -0.2) is 48.9 Å². The predicted octanol–water partition coefficient (Wildman–Crippen LogP) is 2.81. The van der Waals surface area contributed by atoms with Crippen molar-refractivity contribution in [3.63, 3.8) is 0 Å². The highest BCUT2D eigenvalue weighted by atomic mass is 16.5. The van der Waals surface area contributed by atoms with Gasteiger partial charge in [0.05, 0.1) is 23.8 Å². The van der Waals surface area contributed by atoms with Crippen molar-refractivity contribution in [2.24, 2.45) is 5.92 Å². The van der Waals surface area contributed by atoms with Crippen LogP contribution in [0.1, 0.15) is 56.9 Å². The first kappa shape index (κ1) is 23.0. The molecule has 0 spiro atoms. The van der Waals surface area contributed by atoms with Crippen LogP contribution in [0.3, 0.4) is 0 Å².